The molecule has 3 nitrogen and oxygen atoms in total. The van der Waals surface area contributed by atoms with Crippen LogP contribution in [0.4, 0.5) is 0 Å². The minimum atomic E-state index is -0.819. The molecule has 0 aromatic rings. The molecule has 0 fully saturated rings. The molecule has 1 atom stereocenters. The number of ether oxygens (including phenoxy) is 1. The first-order valence-electron chi connectivity index (χ1n) is 6.42. The molecule has 1 N–H and O–H groups in total. The molecule has 3 heteroatoms. The molecule has 0 rings (SSSR count). The fraction of sp³-hybridized carbons (Fsp3) is 0.667. The Balaban J connectivity index is 4.62. The van der Waals surface area contributed by atoms with E-state index in [1.165, 1.54) is 0 Å². The molecular weight excluding hydrogens is 228 g/mol. The summed E-state index contributed by atoms with van der Waals surface area (Å²) in [5.41, 5.74) is -1.08. The van der Waals surface area contributed by atoms with Gasteiger partial charge in [0.25, 0.3) is 0 Å². The fourth-order valence-corrected chi connectivity index (χ4v) is 1.76. The summed E-state index contributed by atoms with van der Waals surface area (Å²) in [4.78, 5) is 11.6. The second kappa shape index (κ2) is 7.37. The monoisotopic (exact) mass is 254 g/mol. The molecule has 0 spiro atoms. The summed E-state index contributed by atoms with van der Waals surface area (Å²) in [6, 6.07) is 0. The average Bonchev–Trinajstić information content (AvgIpc) is 2.15. The van der Waals surface area contributed by atoms with Crippen LogP contribution < -0.4 is 0 Å². The van der Waals surface area contributed by atoms with E-state index in [0.29, 0.717) is 19.4 Å². The average molecular weight is 254 g/mol. The number of aliphatic hydroxyl groups is 1. The smallest absolute Gasteiger partial charge is 0.306 e. The van der Waals surface area contributed by atoms with Crippen LogP contribution in [0.3, 0.4) is 0 Å². The first kappa shape index (κ1) is 16.9. The zero-order valence-corrected chi connectivity index (χ0v) is 12.2. The van der Waals surface area contributed by atoms with Gasteiger partial charge in [-0.15, -0.1) is 0 Å². The lowest BCUT2D eigenvalue weighted by Crippen LogP contribution is -2.20. The van der Waals surface area contributed by atoms with Gasteiger partial charge in [-0.25, -0.2) is 0 Å². The number of carbonyl (C=O) groups is 1. The van der Waals surface area contributed by atoms with E-state index in [4.69, 9.17) is 4.74 Å². The SMILES string of the molecule is C/C=C/C(C)(C/C=C/C(C)(C)O)CC(=O)OCC. The van der Waals surface area contributed by atoms with Crippen molar-refractivity contribution < 1.29 is 14.6 Å². The molecule has 0 bridgehead atoms. The number of hydrogen-bond donors (Lipinski definition) is 1. The third kappa shape index (κ3) is 8.07. The van der Waals surface area contributed by atoms with Crippen LogP contribution in [0.25, 0.3) is 0 Å². The second-order valence-electron chi connectivity index (χ2n) is 5.40. The van der Waals surface area contributed by atoms with Crippen LogP contribution in [0.1, 0.15) is 47.5 Å². The molecule has 0 aromatic heterocycles. The molecular formula is C15H26O3. The van der Waals surface area contributed by atoms with Crippen molar-refractivity contribution in [2.45, 2.75) is 53.1 Å². The highest BCUT2D eigenvalue weighted by Crippen LogP contribution is 2.29. The third-order valence-corrected chi connectivity index (χ3v) is 2.53. The maximum atomic E-state index is 11.6. The number of hydrogen-bond acceptors (Lipinski definition) is 3. The number of allylic oxidation sites excluding steroid dienone is 3. The summed E-state index contributed by atoms with van der Waals surface area (Å²) in [5.74, 6) is -0.185. The van der Waals surface area contributed by atoms with Gasteiger partial charge in [-0.2, -0.15) is 0 Å². The molecule has 0 amide bonds. The quantitative estimate of drug-likeness (QED) is 0.560. The van der Waals surface area contributed by atoms with Crippen LogP contribution in [-0.2, 0) is 9.53 Å². The van der Waals surface area contributed by atoms with Gasteiger partial charge >= 0.3 is 5.97 Å². The normalized spacial score (nSPS) is 16.1. The summed E-state index contributed by atoms with van der Waals surface area (Å²) >= 11 is 0. The van der Waals surface area contributed by atoms with Crippen molar-refractivity contribution in [1.82, 2.24) is 0 Å². The molecule has 1 unspecified atom stereocenters. The topological polar surface area (TPSA) is 46.5 Å². The standard InChI is InChI=1S/C15H26O3/c1-6-9-15(5,12-13(16)18-7-2)11-8-10-14(3,4)17/h6,8-10,17H,7,11-12H2,1-5H3/b9-6+,10-8+. The second-order valence-corrected chi connectivity index (χ2v) is 5.40. The van der Waals surface area contributed by atoms with Crippen molar-refractivity contribution in [3.05, 3.63) is 24.3 Å². The Bertz CT molecular complexity index is 310. The van der Waals surface area contributed by atoms with Crippen molar-refractivity contribution in [2.75, 3.05) is 6.61 Å². The molecule has 0 aliphatic heterocycles. The Hall–Kier alpha value is -1.09. The van der Waals surface area contributed by atoms with Gasteiger partial charge in [-0.1, -0.05) is 31.2 Å². The van der Waals surface area contributed by atoms with E-state index in [0.717, 1.165) is 0 Å². The van der Waals surface area contributed by atoms with Crippen LogP contribution in [0.2, 0.25) is 0 Å². The van der Waals surface area contributed by atoms with E-state index in [2.05, 4.69) is 0 Å². The lowest BCUT2D eigenvalue weighted by molar-refractivity contribution is -0.144. The Kier molecular flexibility index (Phi) is 6.92. The van der Waals surface area contributed by atoms with Crippen molar-refractivity contribution in [1.29, 1.82) is 0 Å². The summed E-state index contributed by atoms with van der Waals surface area (Å²) in [7, 11) is 0. The van der Waals surface area contributed by atoms with Gasteiger partial charge in [-0.3, -0.25) is 4.79 Å². The number of rotatable bonds is 7. The predicted octanol–water partition coefficient (Wildman–Crippen LogP) is 3.24. The van der Waals surface area contributed by atoms with Gasteiger partial charge in [0.2, 0.25) is 0 Å². The minimum Gasteiger partial charge on any atom is -0.466 e. The van der Waals surface area contributed by atoms with E-state index in [9.17, 15) is 9.90 Å². The van der Waals surface area contributed by atoms with Gasteiger partial charge in [0.1, 0.15) is 0 Å². The van der Waals surface area contributed by atoms with Crippen molar-refractivity contribution >= 4 is 5.97 Å². The van der Waals surface area contributed by atoms with Crippen LogP contribution in [0.15, 0.2) is 24.3 Å². The molecule has 0 saturated carbocycles. The first-order chi connectivity index (χ1) is 8.22. The lowest BCUT2D eigenvalue weighted by atomic mass is 9.82. The summed E-state index contributed by atoms with van der Waals surface area (Å²) in [6.45, 7) is 9.61. The number of carbonyl (C=O) groups excluding carboxylic acids is 1. The lowest BCUT2D eigenvalue weighted by Gasteiger charge is -2.24. The van der Waals surface area contributed by atoms with Crippen LogP contribution >= 0.6 is 0 Å². The van der Waals surface area contributed by atoms with E-state index in [1.807, 2.05) is 32.1 Å². The molecule has 18 heavy (non-hydrogen) atoms. The molecule has 0 aromatic carbocycles. The Morgan fingerprint density at radius 1 is 1.28 bits per heavy atom. The summed E-state index contributed by atoms with van der Waals surface area (Å²) in [6.07, 6.45) is 8.66. The molecule has 104 valence electrons. The first-order valence-corrected chi connectivity index (χ1v) is 6.42. The maximum Gasteiger partial charge on any atom is 0.306 e. The molecule has 0 aliphatic rings. The summed E-state index contributed by atoms with van der Waals surface area (Å²) in [5, 5.41) is 9.61. The largest absolute Gasteiger partial charge is 0.466 e. The number of esters is 1. The van der Waals surface area contributed by atoms with Gasteiger partial charge in [0.15, 0.2) is 0 Å². The Labute approximate surface area is 111 Å². The van der Waals surface area contributed by atoms with E-state index < -0.39 is 5.60 Å². The summed E-state index contributed by atoms with van der Waals surface area (Å²) < 4.78 is 4.98. The van der Waals surface area contributed by atoms with E-state index in [1.54, 1.807) is 26.8 Å². The molecule has 0 aliphatic carbocycles. The van der Waals surface area contributed by atoms with Crippen molar-refractivity contribution in [2.24, 2.45) is 5.41 Å². The Morgan fingerprint density at radius 3 is 2.33 bits per heavy atom. The highest BCUT2D eigenvalue weighted by atomic mass is 16.5. The predicted molar refractivity (Wildman–Crippen MR) is 74.2 cm³/mol. The van der Waals surface area contributed by atoms with E-state index in [-0.39, 0.29) is 11.4 Å². The molecule has 0 heterocycles. The molecule has 0 saturated heterocycles. The minimum absolute atomic E-state index is 0.185. The van der Waals surface area contributed by atoms with Gasteiger partial charge in [0, 0.05) is 0 Å². The zero-order valence-electron chi connectivity index (χ0n) is 12.2. The van der Waals surface area contributed by atoms with Crippen LogP contribution in [-0.4, -0.2) is 23.3 Å². The van der Waals surface area contributed by atoms with Crippen LogP contribution in [0.5, 0.6) is 0 Å². The van der Waals surface area contributed by atoms with Gasteiger partial charge in [0.05, 0.1) is 18.6 Å². The highest BCUT2D eigenvalue weighted by molar-refractivity contribution is 5.70. The molecule has 0 radical (unpaired) electrons. The zero-order chi connectivity index (χ0) is 14.2. The van der Waals surface area contributed by atoms with Crippen molar-refractivity contribution in [3.8, 4) is 0 Å². The van der Waals surface area contributed by atoms with Gasteiger partial charge in [-0.05, 0) is 39.5 Å². The highest BCUT2D eigenvalue weighted by Gasteiger charge is 2.24. The van der Waals surface area contributed by atoms with Crippen molar-refractivity contribution in [3.63, 3.8) is 0 Å². The van der Waals surface area contributed by atoms with Crippen LogP contribution in [0, 0.1) is 5.41 Å². The maximum absolute atomic E-state index is 11.6. The fourth-order valence-electron chi connectivity index (χ4n) is 1.76. The van der Waals surface area contributed by atoms with E-state index >= 15 is 0 Å². The third-order valence-electron chi connectivity index (χ3n) is 2.53. The van der Waals surface area contributed by atoms with Gasteiger partial charge < -0.3 is 9.84 Å². The Morgan fingerprint density at radius 2 is 1.89 bits per heavy atom.